The van der Waals surface area contributed by atoms with Crippen molar-refractivity contribution in [3.8, 4) is 0 Å². The summed E-state index contributed by atoms with van der Waals surface area (Å²) in [5.41, 5.74) is -2.39. The molecule has 0 aliphatic carbocycles. The molecule has 21 heavy (non-hydrogen) atoms. The maximum Gasteiger partial charge on any atom is 0.229 e. The predicted molar refractivity (Wildman–Crippen MR) is 80.7 cm³/mol. The second-order valence-corrected chi connectivity index (χ2v) is 6.92. The van der Waals surface area contributed by atoms with Crippen molar-refractivity contribution in [2.45, 2.75) is 84.5 Å². The Morgan fingerprint density at radius 3 is 2.24 bits per heavy atom. The Hall–Kier alpha value is -0.780. The van der Waals surface area contributed by atoms with Gasteiger partial charge in [0.2, 0.25) is 5.78 Å². The molecule has 0 heterocycles. The van der Waals surface area contributed by atoms with Gasteiger partial charge >= 0.3 is 0 Å². The zero-order chi connectivity index (χ0) is 16.7. The molecule has 0 spiro atoms. The summed E-state index contributed by atoms with van der Waals surface area (Å²) >= 11 is 0. The maximum absolute atomic E-state index is 11.9. The molecule has 1 N–H and O–H groups in total. The molecule has 0 fully saturated rings. The van der Waals surface area contributed by atoms with Crippen molar-refractivity contribution < 1.29 is 24.5 Å². The second kappa shape index (κ2) is 8.61. The zero-order valence-corrected chi connectivity index (χ0v) is 14.1. The number of aldehydes is 1. The van der Waals surface area contributed by atoms with Crippen molar-refractivity contribution in [2.75, 3.05) is 0 Å². The molecule has 0 amide bonds. The SMILES string of the molecule is CCCCC(O)(C(=O)C=O)C(CC(C)C)OOC(C)(C)C. The number of unbranched alkanes of at least 4 members (excludes halogenated alkanes) is 1. The van der Waals surface area contributed by atoms with Crippen LogP contribution < -0.4 is 0 Å². The molecule has 0 radical (unpaired) electrons. The van der Waals surface area contributed by atoms with E-state index in [2.05, 4.69) is 0 Å². The summed E-state index contributed by atoms with van der Waals surface area (Å²) in [5.74, 6) is -0.662. The molecule has 0 rings (SSSR count). The van der Waals surface area contributed by atoms with Gasteiger partial charge in [-0.15, -0.1) is 0 Å². The summed E-state index contributed by atoms with van der Waals surface area (Å²) < 4.78 is 0. The van der Waals surface area contributed by atoms with Crippen molar-refractivity contribution in [3.05, 3.63) is 0 Å². The van der Waals surface area contributed by atoms with Crippen LogP contribution in [0.4, 0.5) is 0 Å². The normalized spacial score (nSPS) is 16.6. The van der Waals surface area contributed by atoms with E-state index in [1.165, 1.54) is 0 Å². The third-order valence-corrected chi connectivity index (χ3v) is 3.08. The molecule has 5 heteroatoms. The smallest absolute Gasteiger partial charge is 0.229 e. The quantitative estimate of drug-likeness (QED) is 0.291. The molecule has 0 saturated carbocycles. The van der Waals surface area contributed by atoms with E-state index in [1.807, 2.05) is 41.5 Å². The lowest BCUT2D eigenvalue weighted by Gasteiger charge is -2.35. The van der Waals surface area contributed by atoms with E-state index in [-0.39, 0.29) is 18.6 Å². The van der Waals surface area contributed by atoms with Crippen LogP contribution in [0.3, 0.4) is 0 Å². The molecule has 0 saturated heterocycles. The first-order chi connectivity index (χ1) is 9.56. The highest BCUT2D eigenvalue weighted by atomic mass is 17.2. The topological polar surface area (TPSA) is 72.8 Å². The minimum absolute atomic E-state index is 0.170. The Kier molecular flexibility index (Phi) is 8.29. The maximum atomic E-state index is 11.9. The fourth-order valence-corrected chi connectivity index (χ4v) is 1.94. The van der Waals surface area contributed by atoms with Crippen LogP contribution >= 0.6 is 0 Å². The van der Waals surface area contributed by atoms with Crippen LogP contribution in [0.15, 0.2) is 0 Å². The highest BCUT2D eigenvalue weighted by Crippen LogP contribution is 2.28. The first kappa shape index (κ1) is 20.2. The Labute approximate surface area is 127 Å². The molecule has 0 aromatic heterocycles. The minimum Gasteiger partial charge on any atom is -0.379 e. The molecule has 2 atom stereocenters. The van der Waals surface area contributed by atoms with E-state index in [0.29, 0.717) is 12.8 Å². The van der Waals surface area contributed by atoms with Crippen LogP contribution in [0.2, 0.25) is 0 Å². The monoisotopic (exact) mass is 302 g/mol. The van der Waals surface area contributed by atoms with Crippen LogP contribution in [-0.2, 0) is 19.4 Å². The molecule has 0 aromatic carbocycles. The van der Waals surface area contributed by atoms with E-state index >= 15 is 0 Å². The second-order valence-electron chi connectivity index (χ2n) is 6.92. The number of hydrogen-bond donors (Lipinski definition) is 1. The number of Topliss-reactive ketones (excluding diaryl/α,β-unsaturated/α-hetero) is 1. The van der Waals surface area contributed by atoms with Gasteiger partial charge in [0.05, 0.1) is 5.60 Å². The van der Waals surface area contributed by atoms with E-state index in [0.717, 1.165) is 6.42 Å². The van der Waals surface area contributed by atoms with Gasteiger partial charge in [0.25, 0.3) is 0 Å². The lowest BCUT2D eigenvalue weighted by atomic mass is 9.83. The van der Waals surface area contributed by atoms with Gasteiger partial charge in [0, 0.05) is 0 Å². The molecule has 0 aromatic rings. The van der Waals surface area contributed by atoms with Crippen LogP contribution in [0.25, 0.3) is 0 Å². The predicted octanol–water partition coefficient (Wildman–Crippen LogP) is 2.84. The Balaban J connectivity index is 5.24. The molecule has 124 valence electrons. The summed E-state index contributed by atoms with van der Waals surface area (Å²) in [6, 6.07) is 0. The first-order valence-electron chi connectivity index (χ1n) is 7.63. The Morgan fingerprint density at radius 1 is 1.29 bits per heavy atom. The van der Waals surface area contributed by atoms with E-state index in [9.17, 15) is 14.7 Å². The van der Waals surface area contributed by atoms with Crippen molar-refractivity contribution in [1.29, 1.82) is 0 Å². The molecule has 2 unspecified atom stereocenters. The molecule has 0 aliphatic heterocycles. The van der Waals surface area contributed by atoms with E-state index in [1.54, 1.807) is 0 Å². The van der Waals surface area contributed by atoms with Gasteiger partial charge in [-0.2, -0.15) is 0 Å². The van der Waals surface area contributed by atoms with Crippen molar-refractivity contribution in [2.24, 2.45) is 5.92 Å². The van der Waals surface area contributed by atoms with Gasteiger partial charge in [-0.05, 0) is 39.5 Å². The number of ketones is 1. The molecule has 0 bridgehead atoms. The lowest BCUT2D eigenvalue weighted by Crippen LogP contribution is -2.52. The summed E-state index contributed by atoms with van der Waals surface area (Å²) in [5, 5.41) is 10.7. The molecular formula is C16H30O5. The fourth-order valence-electron chi connectivity index (χ4n) is 1.94. The standard InChI is InChI=1S/C16H30O5/c1-7-8-9-16(19,13(18)11-17)14(10-12(2)3)20-21-15(4,5)6/h11-12,14,19H,7-10H2,1-6H3. The van der Waals surface area contributed by atoms with Crippen molar-refractivity contribution in [1.82, 2.24) is 0 Å². The molecule has 5 nitrogen and oxygen atoms in total. The molecule has 0 aliphatic rings. The number of hydrogen-bond acceptors (Lipinski definition) is 5. The minimum atomic E-state index is -1.83. The number of aliphatic hydroxyl groups is 1. The van der Waals surface area contributed by atoms with Crippen molar-refractivity contribution in [3.63, 3.8) is 0 Å². The zero-order valence-electron chi connectivity index (χ0n) is 14.1. The number of carbonyl (C=O) groups excluding carboxylic acids is 2. The summed E-state index contributed by atoms with van der Waals surface area (Å²) in [6.45, 7) is 11.3. The van der Waals surface area contributed by atoms with Gasteiger partial charge < -0.3 is 5.11 Å². The third-order valence-electron chi connectivity index (χ3n) is 3.08. The first-order valence-corrected chi connectivity index (χ1v) is 7.63. The van der Waals surface area contributed by atoms with E-state index in [4.69, 9.17) is 9.78 Å². The Morgan fingerprint density at radius 2 is 1.86 bits per heavy atom. The largest absolute Gasteiger partial charge is 0.379 e. The van der Waals surface area contributed by atoms with Crippen LogP contribution in [0.1, 0.15) is 67.2 Å². The van der Waals surface area contributed by atoms with E-state index < -0.39 is 23.1 Å². The van der Waals surface area contributed by atoms with Crippen LogP contribution in [-0.4, -0.2) is 34.5 Å². The third kappa shape index (κ3) is 7.16. The number of rotatable bonds is 10. The van der Waals surface area contributed by atoms with Gasteiger partial charge in [-0.3, -0.25) is 9.59 Å². The van der Waals surface area contributed by atoms with Crippen LogP contribution in [0.5, 0.6) is 0 Å². The number of carbonyl (C=O) groups is 2. The van der Waals surface area contributed by atoms with Crippen molar-refractivity contribution >= 4 is 12.1 Å². The summed E-state index contributed by atoms with van der Waals surface area (Å²) in [4.78, 5) is 33.5. The van der Waals surface area contributed by atoms with Gasteiger partial charge in [-0.1, -0.05) is 33.6 Å². The summed E-state index contributed by atoms with van der Waals surface area (Å²) in [6.07, 6.45) is 1.36. The Bertz CT molecular complexity index is 332. The van der Waals surface area contributed by atoms with Crippen LogP contribution in [0, 0.1) is 5.92 Å². The lowest BCUT2D eigenvalue weighted by molar-refractivity contribution is -0.391. The molecular weight excluding hydrogens is 272 g/mol. The average molecular weight is 302 g/mol. The average Bonchev–Trinajstić information content (AvgIpc) is 2.38. The highest BCUT2D eigenvalue weighted by Gasteiger charge is 2.45. The summed E-state index contributed by atoms with van der Waals surface area (Å²) in [7, 11) is 0. The highest BCUT2D eigenvalue weighted by molar-refractivity contribution is 6.29. The van der Waals surface area contributed by atoms with Gasteiger partial charge in [0.15, 0.2) is 11.9 Å². The van der Waals surface area contributed by atoms with Gasteiger partial charge in [0.1, 0.15) is 6.10 Å². The fraction of sp³-hybridized carbons (Fsp3) is 0.875. The van der Waals surface area contributed by atoms with Gasteiger partial charge in [-0.25, -0.2) is 9.78 Å².